The summed E-state index contributed by atoms with van der Waals surface area (Å²) >= 11 is 0. The molecular weight excluding hydrogens is 448 g/mol. The quantitative estimate of drug-likeness (QED) is 0.370. The summed E-state index contributed by atoms with van der Waals surface area (Å²) in [6.45, 7) is 3.48. The van der Waals surface area contributed by atoms with E-state index in [1.165, 1.54) is 0 Å². The van der Waals surface area contributed by atoms with Gasteiger partial charge in [0.05, 0.1) is 17.5 Å². The number of hydrogen-bond donors (Lipinski definition) is 3. The summed E-state index contributed by atoms with van der Waals surface area (Å²) in [4.78, 5) is 0. The number of nitrogens with zero attached hydrogens (tertiary/aromatic N) is 1. The van der Waals surface area contributed by atoms with Gasteiger partial charge in [-0.2, -0.15) is 0 Å². The number of nitrogens with two attached hydrogens (primary N) is 1. The van der Waals surface area contributed by atoms with Gasteiger partial charge in [0, 0.05) is 12.1 Å². The third-order valence-corrected chi connectivity index (χ3v) is 8.58. The van der Waals surface area contributed by atoms with Crippen molar-refractivity contribution in [3.05, 3.63) is 71.3 Å². The highest BCUT2D eigenvalue weighted by Crippen LogP contribution is 2.42. The second kappa shape index (κ2) is 8.92. The van der Waals surface area contributed by atoms with Crippen LogP contribution >= 0.6 is 0 Å². The number of benzene rings is 3. The van der Waals surface area contributed by atoms with E-state index in [0.717, 1.165) is 59.3 Å². The Bertz CT molecular complexity index is 1350. The fraction of sp³-hybridized carbons (Fsp3) is 0.346. The van der Waals surface area contributed by atoms with Gasteiger partial charge < -0.3 is 15.8 Å². The zero-order valence-corrected chi connectivity index (χ0v) is 20.1. The largest absolute Gasteiger partial charge is 0.489 e. The van der Waals surface area contributed by atoms with Gasteiger partial charge in [-0.3, -0.25) is 9.71 Å². The maximum atomic E-state index is 13.3. The average Bonchev–Trinajstić information content (AvgIpc) is 3.35. The maximum Gasteiger partial charge on any atom is 0.235 e. The molecule has 0 saturated carbocycles. The van der Waals surface area contributed by atoms with Crippen molar-refractivity contribution in [1.82, 2.24) is 5.32 Å². The normalized spacial score (nSPS) is 20.3. The lowest BCUT2D eigenvalue weighted by atomic mass is 9.91. The molecule has 0 amide bonds. The fourth-order valence-electron chi connectivity index (χ4n) is 4.97. The van der Waals surface area contributed by atoms with Crippen LogP contribution < -0.4 is 20.1 Å². The van der Waals surface area contributed by atoms with Gasteiger partial charge in [-0.25, -0.2) is 8.42 Å². The minimum Gasteiger partial charge on any atom is -0.489 e. The molecule has 34 heavy (non-hydrogen) atoms. The zero-order valence-electron chi connectivity index (χ0n) is 19.3. The molecule has 0 radical (unpaired) electrons. The van der Waals surface area contributed by atoms with Gasteiger partial charge in [-0.1, -0.05) is 24.3 Å². The smallest absolute Gasteiger partial charge is 0.235 e. The number of fused-ring (bicyclic) bond motifs is 2. The lowest BCUT2D eigenvalue weighted by Crippen LogP contribution is -2.39. The molecule has 2 unspecified atom stereocenters. The highest BCUT2D eigenvalue weighted by atomic mass is 32.2. The van der Waals surface area contributed by atoms with Crippen molar-refractivity contribution in [1.29, 1.82) is 5.41 Å². The van der Waals surface area contributed by atoms with Crippen LogP contribution in [0.1, 0.15) is 42.5 Å². The summed E-state index contributed by atoms with van der Waals surface area (Å²) in [5.74, 6) is 0.833. The summed E-state index contributed by atoms with van der Waals surface area (Å²) in [5.41, 5.74) is 9.00. The highest BCUT2D eigenvalue weighted by molar-refractivity contribution is 7.92. The van der Waals surface area contributed by atoms with Crippen LogP contribution in [0.3, 0.4) is 0 Å². The van der Waals surface area contributed by atoms with Crippen molar-refractivity contribution in [3.63, 3.8) is 0 Å². The van der Waals surface area contributed by atoms with Crippen LogP contribution in [0.5, 0.6) is 5.75 Å². The van der Waals surface area contributed by atoms with E-state index in [4.69, 9.17) is 15.9 Å². The van der Waals surface area contributed by atoms with Gasteiger partial charge in [-0.05, 0) is 85.0 Å². The first kappa shape index (κ1) is 22.7. The van der Waals surface area contributed by atoms with Gasteiger partial charge in [0.15, 0.2) is 0 Å². The Labute approximate surface area is 200 Å². The number of nitrogen functional groups attached to an aromatic ring is 1. The van der Waals surface area contributed by atoms with Crippen molar-refractivity contribution in [2.75, 3.05) is 23.1 Å². The molecule has 0 bridgehead atoms. The van der Waals surface area contributed by atoms with Gasteiger partial charge in [0.25, 0.3) is 0 Å². The Balaban J connectivity index is 1.54. The molecule has 2 aliphatic rings. The molecule has 178 valence electrons. The molecule has 2 atom stereocenters. The van der Waals surface area contributed by atoms with Crippen LogP contribution in [0.15, 0.2) is 54.6 Å². The third kappa shape index (κ3) is 4.23. The topological polar surface area (TPSA) is 109 Å². The standard InChI is InChI=1S/C26H30N4O3S/c1-2-34(31,32)30-24(18-5-3-17-4-6-20(26(27)28)14-21(17)13-18)9-7-19-15-22(8-10-25(19)30)33-23-11-12-29-16-23/h3-6,8,10,13-15,23-24,29H,2,7,9,11-12,16H2,1H3,(H3,27,28). The molecule has 8 heteroatoms. The molecule has 0 aromatic heterocycles. The molecule has 2 heterocycles. The number of anilines is 1. The molecule has 5 rings (SSSR count). The van der Waals surface area contributed by atoms with E-state index in [1.54, 1.807) is 11.2 Å². The predicted octanol–water partition coefficient (Wildman–Crippen LogP) is 3.71. The first-order valence-electron chi connectivity index (χ1n) is 11.8. The first-order valence-corrected chi connectivity index (χ1v) is 13.4. The molecule has 3 aromatic rings. The predicted molar refractivity (Wildman–Crippen MR) is 136 cm³/mol. The number of ether oxygens (including phenoxy) is 1. The molecular formula is C26H30N4O3S. The Kier molecular flexibility index (Phi) is 5.95. The summed E-state index contributed by atoms with van der Waals surface area (Å²) in [7, 11) is -3.51. The van der Waals surface area contributed by atoms with Crippen LogP contribution in [-0.4, -0.2) is 39.2 Å². The SMILES string of the molecule is CCS(=O)(=O)N1c2ccc(OC3CCNC3)cc2CCC1c1ccc2ccc(C(=N)N)cc2c1. The number of amidine groups is 1. The van der Waals surface area contributed by atoms with Gasteiger partial charge >= 0.3 is 0 Å². The van der Waals surface area contributed by atoms with Crippen LogP contribution in [0, 0.1) is 5.41 Å². The van der Waals surface area contributed by atoms with Gasteiger partial charge in [0.2, 0.25) is 10.0 Å². The lowest BCUT2D eigenvalue weighted by molar-refractivity contribution is 0.223. The van der Waals surface area contributed by atoms with E-state index in [-0.39, 0.29) is 23.7 Å². The van der Waals surface area contributed by atoms with Gasteiger partial charge in [0.1, 0.15) is 17.7 Å². The summed E-state index contributed by atoms with van der Waals surface area (Å²) in [6, 6.07) is 17.2. The average molecular weight is 479 g/mol. The molecule has 0 aliphatic carbocycles. The molecule has 2 aliphatic heterocycles. The number of hydrogen-bond acceptors (Lipinski definition) is 5. The van der Waals surface area contributed by atoms with E-state index >= 15 is 0 Å². The molecule has 1 fully saturated rings. The van der Waals surface area contributed by atoms with Crippen LogP contribution in [0.4, 0.5) is 5.69 Å². The Morgan fingerprint density at radius 1 is 1.12 bits per heavy atom. The van der Waals surface area contributed by atoms with E-state index in [1.807, 2.05) is 54.6 Å². The minimum absolute atomic E-state index is 0.0143. The van der Waals surface area contributed by atoms with Crippen molar-refractivity contribution in [2.45, 2.75) is 38.3 Å². The molecule has 0 spiro atoms. The molecule has 1 saturated heterocycles. The van der Waals surface area contributed by atoms with E-state index in [0.29, 0.717) is 12.0 Å². The Morgan fingerprint density at radius 3 is 2.68 bits per heavy atom. The van der Waals surface area contributed by atoms with Crippen LogP contribution in [0.25, 0.3) is 10.8 Å². The second-order valence-electron chi connectivity index (χ2n) is 9.01. The van der Waals surface area contributed by atoms with Gasteiger partial charge in [-0.15, -0.1) is 0 Å². The molecule has 7 nitrogen and oxygen atoms in total. The number of rotatable bonds is 6. The summed E-state index contributed by atoms with van der Waals surface area (Å²) < 4.78 is 34.3. The monoisotopic (exact) mass is 478 g/mol. The lowest BCUT2D eigenvalue weighted by Gasteiger charge is -2.38. The van der Waals surface area contributed by atoms with Crippen molar-refractivity contribution >= 4 is 32.3 Å². The van der Waals surface area contributed by atoms with Crippen molar-refractivity contribution in [2.24, 2.45) is 5.73 Å². The number of aryl methyl sites for hydroxylation is 1. The van der Waals surface area contributed by atoms with E-state index in [9.17, 15) is 8.42 Å². The minimum atomic E-state index is -3.51. The Morgan fingerprint density at radius 2 is 1.94 bits per heavy atom. The van der Waals surface area contributed by atoms with Crippen LogP contribution in [0.2, 0.25) is 0 Å². The van der Waals surface area contributed by atoms with Crippen LogP contribution in [-0.2, 0) is 16.4 Å². The highest BCUT2D eigenvalue weighted by Gasteiger charge is 2.35. The first-order chi connectivity index (χ1) is 16.4. The number of nitrogens with one attached hydrogen (secondary N) is 2. The Hall–Kier alpha value is -3.10. The second-order valence-corrected chi connectivity index (χ2v) is 11.1. The molecule has 3 aromatic carbocycles. The maximum absolute atomic E-state index is 13.3. The fourth-order valence-corrected chi connectivity index (χ4v) is 6.34. The number of sulfonamides is 1. The molecule has 4 N–H and O–H groups in total. The van der Waals surface area contributed by atoms with Crippen molar-refractivity contribution < 1.29 is 13.2 Å². The third-order valence-electron chi connectivity index (χ3n) is 6.80. The summed E-state index contributed by atoms with van der Waals surface area (Å²) in [5, 5.41) is 13.0. The van der Waals surface area contributed by atoms with E-state index in [2.05, 4.69) is 5.32 Å². The zero-order chi connectivity index (χ0) is 23.9. The van der Waals surface area contributed by atoms with E-state index < -0.39 is 10.0 Å². The summed E-state index contributed by atoms with van der Waals surface area (Å²) in [6.07, 6.45) is 2.57. The van der Waals surface area contributed by atoms with Crippen molar-refractivity contribution in [3.8, 4) is 5.75 Å².